The van der Waals surface area contributed by atoms with Crippen molar-refractivity contribution in [3.63, 3.8) is 0 Å². The van der Waals surface area contributed by atoms with Crippen molar-refractivity contribution >= 4 is 28.6 Å². The number of hydrogen-bond acceptors (Lipinski definition) is 4. The van der Waals surface area contributed by atoms with Crippen LogP contribution in [-0.2, 0) is 13.2 Å². The lowest BCUT2D eigenvalue weighted by Gasteiger charge is -2.14. The number of halogens is 1. The number of aromatic nitrogens is 3. The molecule has 0 amide bonds. The topological polar surface area (TPSA) is 42.5 Å². The van der Waals surface area contributed by atoms with Crippen molar-refractivity contribution in [2.24, 2.45) is 0 Å². The summed E-state index contributed by atoms with van der Waals surface area (Å²) in [5, 5.41) is 4.30. The molecule has 0 saturated carbocycles. The highest BCUT2D eigenvalue weighted by molar-refractivity contribution is 7.16. The summed E-state index contributed by atoms with van der Waals surface area (Å²) in [6.45, 7) is 1.17. The van der Waals surface area contributed by atoms with E-state index in [1.165, 1.54) is 9.08 Å². The number of hydrogen-bond donors (Lipinski definition) is 0. The number of nitrogens with zero attached hydrogens (tertiary/aromatic N) is 4. The van der Waals surface area contributed by atoms with E-state index in [1.54, 1.807) is 17.5 Å². The van der Waals surface area contributed by atoms with E-state index in [0.717, 1.165) is 15.8 Å². The van der Waals surface area contributed by atoms with Gasteiger partial charge in [-0.05, 0) is 31.3 Å². The van der Waals surface area contributed by atoms with Crippen LogP contribution in [0.15, 0.2) is 41.3 Å². The van der Waals surface area contributed by atoms with Crippen LogP contribution < -0.4 is 5.69 Å². The predicted molar refractivity (Wildman–Crippen MR) is 80.2 cm³/mol. The summed E-state index contributed by atoms with van der Waals surface area (Å²) in [5.74, 6) is 0. The molecule has 0 bridgehead atoms. The summed E-state index contributed by atoms with van der Waals surface area (Å²) in [6.07, 6.45) is 1.72. The van der Waals surface area contributed by atoms with Gasteiger partial charge in [-0.1, -0.05) is 17.7 Å². The molecular formula is C13H13ClN4OS. The number of fused-ring (bicyclic) bond motifs is 1. The summed E-state index contributed by atoms with van der Waals surface area (Å²) in [6, 6.07) is 9.38. The van der Waals surface area contributed by atoms with Crippen LogP contribution >= 0.6 is 22.9 Å². The molecule has 20 heavy (non-hydrogen) atoms. The third-order valence-corrected chi connectivity index (χ3v) is 4.13. The molecule has 0 atom stereocenters. The van der Waals surface area contributed by atoms with Gasteiger partial charge in [-0.25, -0.2) is 4.79 Å². The Morgan fingerprint density at radius 2 is 2.20 bits per heavy atom. The minimum atomic E-state index is -0.128. The average molecular weight is 309 g/mol. The zero-order chi connectivity index (χ0) is 14.1. The van der Waals surface area contributed by atoms with Gasteiger partial charge in [0.25, 0.3) is 0 Å². The van der Waals surface area contributed by atoms with Crippen LogP contribution in [0.1, 0.15) is 4.88 Å². The Balaban J connectivity index is 1.79. The second-order valence-corrected chi connectivity index (χ2v) is 6.37. The first-order chi connectivity index (χ1) is 9.63. The summed E-state index contributed by atoms with van der Waals surface area (Å²) in [7, 11) is 1.95. The molecule has 0 saturated heterocycles. The van der Waals surface area contributed by atoms with Crippen LogP contribution in [0.3, 0.4) is 0 Å². The highest BCUT2D eigenvalue weighted by Gasteiger charge is 2.09. The predicted octanol–water partition coefficient (Wildman–Crippen LogP) is 2.30. The Labute approximate surface area is 124 Å². The maximum Gasteiger partial charge on any atom is 0.351 e. The fraction of sp³-hybridized carbons (Fsp3) is 0.231. The molecule has 0 unspecified atom stereocenters. The number of rotatable bonds is 4. The summed E-state index contributed by atoms with van der Waals surface area (Å²) in [5.41, 5.74) is 0.529. The van der Waals surface area contributed by atoms with Crippen molar-refractivity contribution in [1.82, 2.24) is 19.1 Å². The first-order valence-electron chi connectivity index (χ1n) is 6.10. The minimum Gasteiger partial charge on any atom is -0.282 e. The smallest absolute Gasteiger partial charge is 0.282 e. The van der Waals surface area contributed by atoms with Crippen LogP contribution in [0.4, 0.5) is 0 Å². The Kier molecular flexibility index (Phi) is 3.60. The zero-order valence-electron chi connectivity index (χ0n) is 10.9. The lowest BCUT2D eigenvalue weighted by atomic mass is 10.4. The van der Waals surface area contributed by atoms with Gasteiger partial charge in [0.05, 0.1) is 11.0 Å². The molecule has 0 aliphatic carbocycles. The molecule has 0 aliphatic heterocycles. The molecule has 0 spiro atoms. The lowest BCUT2D eigenvalue weighted by Crippen LogP contribution is -2.29. The standard InChI is InChI=1S/C13H13ClN4OS/c1-16(8-10-5-6-11(14)20-10)9-18-13(19)17-7-3-2-4-12(17)15-18/h2-7H,8-9H2,1H3. The van der Waals surface area contributed by atoms with E-state index in [2.05, 4.69) is 5.10 Å². The van der Waals surface area contributed by atoms with Gasteiger partial charge in [0.1, 0.15) is 0 Å². The first-order valence-corrected chi connectivity index (χ1v) is 7.30. The number of pyridine rings is 1. The molecule has 3 rings (SSSR count). The van der Waals surface area contributed by atoms with Crippen LogP contribution in [0.2, 0.25) is 4.34 Å². The summed E-state index contributed by atoms with van der Waals surface area (Å²) in [4.78, 5) is 15.3. The van der Waals surface area contributed by atoms with Crippen LogP contribution in [0, 0.1) is 0 Å². The quantitative estimate of drug-likeness (QED) is 0.743. The van der Waals surface area contributed by atoms with Gasteiger partial charge in [0.15, 0.2) is 5.65 Å². The second-order valence-electron chi connectivity index (χ2n) is 4.57. The van der Waals surface area contributed by atoms with E-state index in [9.17, 15) is 4.79 Å². The Morgan fingerprint density at radius 1 is 1.35 bits per heavy atom. The summed E-state index contributed by atoms with van der Waals surface area (Å²) < 4.78 is 3.78. The Morgan fingerprint density at radius 3 is 2.90 bits per heavy atom. The normalized spacial score (nSPS) is 11.6. The molecular weight excluding hydrogens is 296 g/mol. The second kappa shape index (κ2) is 5.40. The molecule has 0 radical (unpaired) electrons. The minimum absolute atomic E-state index is 0.128. The van der Waals surface area contributed by atoms with Crippen LogP contribution in [0.5, 0.6) is 0 Å². The monoisotopic (exact) mass is 308 g/mol. The van der Waals surface area contributed by atoms with E-state index in [4.69, 9.17) is 11.6 Å². The van der Waals surface area contributed by atoms with E-state index in [0.29, 0.717) is 12.3 Å². The molecule has 5 nitrogen and oxygen atoms in total. The molecule has 7 heteroatoms. The highest BCUT2D eigenvalue weighted by Crippen LogP contribution is 2.22. The van der Waals surface area contributed by atoms with E-state index >= 15 is 0 Å². The maximum absolute atomic E-state index is 12.1. The summed E-state index contributed by atoms with van der Waals surface area (Å²) >= 11 is 7.46. The fourth-order valence-corrected chi connectivity index (χ4v) is 3.21. The fourth-order valence-electron chi connectivity index (χ4n) is 2.04. The maximum atomic E-state index is 12.1. The van der Waals surface area contributed by atoms with E-state index < -0.39 is 0 Å². The largest absolute Gasteiger partial charge is 0.351 e. The van der Waals surface area contributed by atoms with Gasteiger partial charge in [-0.2, -0.15) is 4.68 Å². The van der Waals surface area contributed by atoms with Crippen molar-refractivity contribution in [3.05, 3.63) is 56.2 Å². The molecule has 0 fully saturated rings. The van der Waals surface area contributed by atoms with Crippen molar-refractivity contribution in [1.29, 1.82) is 0 Å². The molecule has 104 valence electrons. The van der Waals surface area contributed by atoms with E-state index in [1.807, 2.05) is 42.3 Å². The van der Waals surface area contributed by atoms with Gasteiger partial charge in [0, 0.05) is 17.6 Å². The highest BCUT2D eigenvalue weighted by atomic mass is 35.5. The SMILES string of the molecule is CN(Cc1ccc(Cl)s1)Cn1nc2ccccn2c1=O. The van der Waals surface area contributed by atoms with Gasteiger partial charge >= 0.3 is 5.69 Å². The third kappa shape index (κ3) is 2.63. The molecule has 0 N–H and O–H groups in total. The van der Waals surface area contributed by atoms with Crippen molar-refractivity contribution in [2.75, 3.05) is 7.05 Å². The Hall–Kier alpha value is -1.63. The molecule has 3 heterocycles. The zero-order valence-corrected chi connectivity index (χ0v) is 12.4. The third-order valence-electron chi connectivity index (χ3n) is 2.92. The first kappa shape index (κ1) is 13.4. The van der Waals surface area contributed by atoms with Crippen LogP contribution in [-0.4, -0.2) is 26.1 Å². The van der Waals surface area contributed by atoms with Gasteiger partial charge in [-0.15, -0.1) is 16.4 Å². The molecule has 3 aromatic rings. The van der Waals surface area contributed by atoms with Crippen molar-refractivity contribution < 1.29 is 0 Å². The van der Waals surface area contributed by atoms with Gasteiger partial charge in [0.2, 0.25) is 0 Å². The van der Waals surface area contributed by atoms with Crippen LogP contribution in [0.25, 0.3) is 5.65 Å². The molecule has 0 aromatic carbocycles. The number of thiophene rings is 1. The Bertz CT molecular complexity index is 791. The van der Waals surface area contributed by atoms with E-state index in [-0.39, 0.29) is 5.69 Å². The lowest BCUT2D eigenvalue weighted by molar-refractivity contribution is 0.244. The average Bonchev–Trinajstić information content (AvgIpc) is 2.95. The van der Waals surface area contributed by atoms with Gasteiger partial charge in [-0.3, -0.25) is 9.30 Å². The molecule has 0 aliphatic rings. The van der Waals surface area contributed by atoms with Crippen molar-refractivity contribution in [3.8, 4) is 0 Å². The van der Waals surface area contributed by atoms with Gasteiger partial charge < -0.3 is 0 Å². The molecule has 3 aromatic heterocycles. The van der Waals surface area contributed by atoms with Crippen molar-refractivity contribution in [2.45, 2.75) is 13.2 Å².